The lowest BCUT2D eigenvalue weighted by molar-refractivity contribution is 0.190. The number of aliphatic hydroxyl groups is 1. The van der Waals surface area contributed by atoms with Crippen LogP contribution in [0.2, 0.25) is 5.02 Å². The van der Waals surface area contributed by atoms with Crippen LogP contribution in [0.4, 0.5) is 4.39 Å². The van der Waals surface area contributed by atoms with Crippen molar-refractivity contribution in [3.8, 4) is 11.3 Å². The topological polar surface area (TPSA) is 45.4 Å². The van der Waals surface area contributed by atoms with Crippen LogP contribution in [-0.2, 0) is 6.54 Å². The summed E-state index contributed by atoms with van der Waals surface area (Å²) >= 11 is 5.73. The summed E-state index contributed by atoms with van der Waals surface area (Å²) in [5, 5.41) is 12.3. The van der Waals surface area contributed by atoms with Crippen molar-refractivity contribution in [1.29, 1.82) is 0 Å². The average Bonchev–Trinajstić information content (AvgIpc) is 2.81. The Hall–Kier alpha value is -1.07. The quantitative estimate of drug-likeness (QED) is 0.884. The Labute approximate surface area is 128 Å². The second kappa shape index (κ2) is 7.64. The molecule has 0 aliphatic rings. The van der Waals surface area contributed by atoms with E-state index in [9.17, 15) is 4.39 Å². The van der Waals surface area contributed by atoms with Gasteiger partial charge >= 0.3 is 0 Å². The molecular formula is C14H16Cl2FNO2. The van der Waals surface area contributed by atoms with E-state index in [1.54, 1.807) is 13.0 Å². The fourth-order valence-electron chi connectivity index (χ4n) is 1.68. The van der Waals surface area contributed by atoms with Crippen LogP contribution < -0.4 is 5.32 Å². The first-order valence-electron chi connectivity index (χ1n) is 5.99. The largest absolute Gasteiger partial charge is 0.460 e. The molecular weight excluding hydrogens is 304 g/mol. The standard InChI is InChI=1S/C14H15ClFNO2.ClH/c1-9(18)7-17-8-11-3-5-14(19-11)10-2-4-13(16)12(15)6-10;/h2-6,9,17-18H,7-8H2,1H3;1H. The molecule has 2 rings (SSSR count). The Morgan fingerprint density at radius 1 is 1.35 bits per heavy atom. The molecule has 2 N–H and O–H groups in total. The summed E-state index contributed by atoms with van der Waals surface area (Å²) in [7, 11) is 0. The summed E-state index contributed by atoms with van der Waals surface area (Å²) in [6, 6.07) is 8.10. The third-order valence-corrected chi connectivity index (χ3v) is 2.89. The summed E-state index contributed by atoms with van der Waals surface area (Å²) in [6.07, 6.45) is -0.398. The summed E-state index contributed by atoms with van der Waals surface area (Å²) in [4.78, 5) is 0. The number of nitrogens with one attached hydrogen (secondary N) is 1. The number of halogens is 3. The molecule has 0 amide bonds. The van der Waals surface area contributed by atoms with Crippen molar-refractivity contribution in [2.24, 2.45) is 0 Å². The number of hydrogen-bond acceptors (Lipinski definition) is 3. The summed E-state index contributed by atoms with van der Waals surface area (Å²) in [5.74, 6) is 0.933. The lowest BCUT2D eigenvalue weighted by atomic mass is 10.2. The first kappa shape index (κ1) is 17.0. The van der Waals surface area contributed by atoms with E-state index in [2.05, 4.69) is 5.32 Å². The molecule has 1 atom stereocenters. The Morgan fingerprint density at radius 2 is 2.10 bits per heavy atom. The van der Waals surface area contributed by atoms with E-state index in [0.29, 0.717) is 18.8 Å². The highest BCUT2D eigenvalue weighted by atomic mass is 35.5. The monoisotopic (exact) mass is 319 g/mol. The van der Waals surface area contributed by atoms with Gasteiger partial charge in [-0.3, -0.25) is 0 Å². The Kier molecular flexibility index (Phi) is 6.49. The van der Waals surface area contributed by atoms with Crippen LogP contribution in [0.1, 0.15) is 12.7 Å². The predicted octanol–water partition coefficient (Wildman–Crippen LogP) is 3.63. The van der Waals surface area contributed by atoms with Crippen molar-refractivity contribution >= 4 is 24.0 Å². The predicted molar refractivity (Wildman–Crippen MR) is 79.7 cm³/mol. The SMILES string of the molecule is CC(O)CNCc1ccc(-c2ccc(F)c(Cl)c2)o1.Cl. The molecule has 1 unspecified atom stereocenters. The fourth-order valence-corrected chi connectivity index (χ4v) is 1.86. The van der Waals surface area contributed by atoms with Crippen molar-refractivity contribution in [2.75, 3.05) is 6.54 Å². The molecule has 0 saturated heterocycles. The molecule has 1 aromatic heterocycles. The second-order valence-electron chi connectivity index (χ2n) is 4.37. The van der Waals surface area contributed by atoms with Gasteiger partial charge in [-0.1, -0.05) is 11.6 Å². The molecule has 0 spiro atoms. The van der Waals surface area contributed by atoms with Crippen LogP contribution in [-0.4, -0.2) is 17.8 Å². The van der Waals surface area contributed by atoms with Gasteiger partial charge in [0.2, 0.25) is 0 Å². The number of hydrogen-bond donors (Lipinski definition) is 2. The highest BCUT2D eigenvalue weighted by molar-refractivity contribution is 6.31. The second-order valence-corrected chi connectivity index (χ2v) is 4.78. The molecule has 0 saturated carbocycles. The van der Waals surface area contributed by atoms with Crippen LogP contribution in [0.15, 0.2) is 34.7 Å². The van der Waals surface area contributed by atoms with E-state index in [4.69, 9.17) is 21.1 Å². The van der Waals surface area contributed by atoms with Crippen LogP contribution in [0.25, 0.3) is 11.3 Å². The van der Waals surface area contributed by atoms with Crippen molar-refractivity contribution < 1.29 is 13.9 Å². The molecule has 0 radical (unpaired) electrons. The normalized spacial score (nSPS) is 12.0. The molecule has 0 bridgehead atoms. The average molecular weight is 320 g/mol. The number of aliphatic hydroxyl groups excluding tert-OH is 1. The van der Waals surface area contributed by atoms with Gasteiger partial charge in [-0.05, 0) is 37.3 Å². The van der Waals surface area contributed by atoms with Gasteiger partial charge in [0.25, 0.3) is 0 Å². The minimum atomic E-state index is -0.448. The summed E-state index contributed by atoms with van der Waals surface area (Å²) in [5.41, 5.74) is 0.730. The van der Waals surface area contributed by atoms with Crippen molar-refractivity contribution in [1.82, 2.24) is 5.32 Å². The first-order valence-corrected chi connectivity index (χ1v) is 6.37. The summed E-state index contributed by atoms with van der Waals surface area (Å²) in [6.45, 7) is 2.74. The minimum Gasteiger partial charge on any atom is -0.460 e. The van der Waals surface area contributed by atoms with Crippen LogP contribution in [0, 0.1) is 5.82 Å². The number of rotatable bonds is 5. The maximum absolute atomic E-state index is 13.1. The minimum absolute atomic E-state index is 0. The van der Waals surface area contributed by atoms with Gasteiger partial charge in [0.15, 0.2) is 0 Å². The number of furan rings is 1. The van der Waals surface area contributed by atoms with Gasteiger partial charge in [-0.25, -0.2) is 4.39 Å². The summed E-state index contributed by atoms with van der Waals surface area (Å²) < 4.78 is 18.7. The van der Waals surface area contributed by atoms with Gasteiger partial charge < -0.3 is 14.8 Å². The Bertz CT molecular complexity index is 558. The lowest BCUT2D eigenvalue weighted by Crippen LogP contribution is -2.23. The molecule has 20 heavy (non-hydrogen) atoms. The maximum atomic E-state index is 13.1. The van der Waals surface area contributed by atoms with Gasteiger partial charge in [0.1, 0.15) is 17.3 Å². The molecule has 110 valence electrons. The van der Waals surface area contributed by atoms with E-state index in [1.807, 2.05) is 12.1 Å². The van der Waals surface area contributed by atoms with E-state index in [-0.39, 0.29) is 17.4 Å². The molecule has 0 aliphatic heterocycles. The zero-order valence-electron chi connectivity index (χ0n) is 10.9. The van der Waals surface area contributed by atoms with Crippen molar-refractivity contribution in [2.45, 2.75) is 19.6 Å². The lowest BCUT2D eigenvalue weighted by Gasteiger charge is -2.04. The molecule has 6 heteroatoms. The van der Waals surface area contributed by atoms with E-state index >= 15 is 0 Å². The van der Waals surface area contributed by atoms with Gasteiger partial charge in [-0.15, -0.1) is 12.4 Å². The third-order valence-electron chi connectivity index (χ3n) is 2.60. The third kappa shape index (κ3) is 4.49. The first-order chi connectivity index (χ1) is 9.06. The van der Waals surface area contributed by atoms with Crippen LogP contribution in [0.3, 0.4) is 0 Å². The molecule has 1 heterocycles. The zero-order chi connectivity index (χ0) is 13.8. The van der Waals surface area contributed by atoms with Crippen LogP contribution >= 0.6 is 24.0 Å². The van der Waals surface area contributed by atoms with Gasteiger partial charge in [0, 0.05) is 12.1 Å². The highest BCUT2D eigenvalue weighted by Crippen LogP contribution is 2.26. The fraction of sp³-hybridized carbons (Fsp3) is 0.286. The van der Waals surface area contributed by atoms with Crippen molar-refractivity contribution in [3.63, 3.8) is 0 Å². The van der Waals surface area contributed by atoms with Crippen molar-refractivity contribution in [3.05, 3.63) is 46.9 Å². The molecule has 2 aromatic rings. The van der Waals surface area contributed by atoms with Gasteiger partial charge in [0.05, 0.1) is 17.7 Å². The van der Waals surface area contributed by atoms with Crippen LogP contribution in [0.5, 0.6) is 0 Å². The van der Waals surface area contributed by atoms with E-state index < -0.39 is 11.9 Å². The van der Waals surface area contributed by atoms with E-state index in [1.165, 1.54) is 12.1 Å². The smallest absolute Gasteiger partial charge is 0.141 e. The molecule has 0 aliphatic carbocycles. The van der Waals surface area contributed by atoms with E-state index in [0.717, 1.165) is 11.3 Å². The zero-order valence-corrected chi connectivity index (χ0v) is 12.5. The number of benzene rings is 1. The molecule has 1 aromatic carbocycles. The Morgan fingerprint density at radius 3 is 2.75 bits per heavy atom. The Balaban J connectivity index is 0.00000200. The van der Waals surface area contributed by atoms with Gasteiger partial charge in [-0.2, -0.15) is 0 Å². The molecule has 3 nitrogen and oxygen atoms in total. The highest BCUT2D eigenvalue weighted by Gasteiger charge is 2.07. The molecule has 0 fully saturated rings. The maximum Gasteiger partial charge on any atom is 0.141 e.